The predicted molar refractivity (Wildman–Crippen MR) is 111 cm³/mol. The highest BCUT2D eigenvalue weighted by molar-refractivity contribution is 6.03. The van der Waals surface area contributed by atoms with Crippen LogP contribution in [0.2, 0.25) is 0 Å². The zero-order valence-electron chi connectivity index (χ0n) is 16.7. The van der Waals surface area contributed by atoms with Crippen molar-refractivity contribution >= 4 is 11.9 Å². The summed E-state index contributed by atoms with van der Waals surface area (Å²) in [5.74, 6) is 0.0656. The van der Waals surface area contributed by atoms with Crippen molar-refractivity contribution in [2.45, 2.75) is 6.18 Å². The van der Waals surface area contributed by atoms with E-state index in [1.165, 1.54) is 6.07 Å². The Kier molecular flexibility index (Phi) is 5.63. The molecule has 0 saturated carbocycles. The van der Waals surface area contributed by atoms with Crippen LogP contribution in [0.25, 0.3) is 22.6 Å². The molecule has 3 aromatic carbocycles. The number of alkyl halides is 3. The standard InChI is InChI=1S/C23H16F3N3O3/c1-31-19-10-4-6-15(13-19)14-5-2-8-17(11-14)21-28-29-22(32-21)27-20(30)16-7-3-9-18(12-16)23(24,25)26/h2-13H,1H3,(H,27,29,30). The van der Waals surface area contributed by atoms with Gasteiger partial charge >= 0.3 is 12.2 Å². The number of hydrogen-bond donors (Lipinski definition) is 1. The fourth-order valence-corrected chi connectivity index (χ4v) is 3.03. The van der Waals surface area contributed by atoms with Gasteiger partial charge in [0.2, 0.25) is 5.89 Å². The Morgan fingerprint density at radius 2 is 1.59 bits per heavy atom. The van der Waals surface area contributed by atoms with E-state index in [0.29, 0.717) is 11.3 Å². The Bertz CT molecular complexity index is 1270. The second-order valence-electron chi connectivity index (χ2n) is 6.76. The summed E-state index contributed by atoms with van der Waals surface area (Å²) in [4.78, 5) is 12.3. The third-order valence-electron chi connectivity index (χ3n) is 4.61. The summed E-state index contributed by atoms with van der Waals surface area (Å²) in [6.45, 7) is 0. The van der Waals surface area contributed by atoms with Crippen LogP contribution in [0.1, 0.15) is 15.9 Å². The number of halogens is 3. The summed E-state index contributed by atoms with van der Waals surface area (Å²) in [7, 11) is 1.59. The van der Waals surface area contributed by atoms with Crippen LogP contribution in [0.4, 0.5) is 19.2 Å². The molecule has 162 valence electrons. The Hall–Kier alpha value is -4.14. The number of nitrogens with zero attached hydrogens (tertiary/aromatic N) is 2. The van der Waals surface area contributed by atoms with Gasteiger partial charge in [0.1, 0.15) is 5.75 Å². The maximum absolute atomic E-state index is 12.9. The zero-order chi connectivity index (χ0) is 22.7. The van der Waals surface area contributed by atoms with E-state index in [2.05, 4.69) is 15.5 Å². The number of carbonyl (C=O) groups is 1. The summed E-state index contributed by atoms with van der Waals surface area (Å²) in [5.41, 5.74) is 1.31. The lowest BCUT2D eigenvalue weighted by molar-refractivity contribution is -0.137. The van der Waals surface area contributed by atoms with Gasteiger partial charge in [-0.2, -0.15) is 13.2 Å². The van der Waals surface area contributed by atoms with Gasteiger partial charge < -0.3 is 9.15 Å². The number of nitrogens with one attached hydrogen (secondary N) is 1. The molecule has 6 nitrogen and oxygen atoms in total. The molecule has 4 rings (SSSR count). The fourth-order valence-electron chi connectivity index (χ4n) is 3.03. The minimum absolute atomic E-state index is 0.147. The van der Waals surface area contributed by atoms with Gasteiger partial charge in [-0.1, -0.05) is 35.4 Å². The summed E-state index contributed by atoms with van der Waals surface area (Å²) >= 11 is 0. The molecule has 0 aliphatic rings. The molecule has 0 unspecified atom stereocenters. The van der Waals surface area contributed by atoms with E-state index in [9.17, 15) is 18.0 Å². The lowest BCUT2D eigenvalue weighted by Gasteiger charge is -2.08. The molecule has 0 aliphatic carbocycles. The normalized spacial score (nSPS) is 11.2. The molecule has 0 radical (unpaired) electrons. The van der Waals surface area contributed by atoms with Crippen molar-refractivity contribution < 1.29 is 27.1 Å². The van der Waals surface area contributed by atoms with Gasteiger partial charge in [0.05, 0.1) is 12.7 Å². The van der Waals surface area contributed by atoms with Gasteiger partial charge in [-0.15, -0.1) is 5.10 Å². The molecule has 0 bridgehead atoms. The molecule has 1 N–H and O–H groups in total. The third-order valence-corrected chi connectivity index (χ3v) is 4.61. The quantitative estimate of drug-likeness (QED) is 0.433. The smallest absolute Gasteiger partial charge is 0.416 e. The second-order valence-corrected chi connectivity index (χ2v) is 6.76. The van der Waals surface area contributed by atoms with Crippen molar-refractivity contribution in [1.29, 1.82) is 0 Å². The molecular weight excluding hydrogens is 423 g/mol. The molecule has 1 aromatic heterocycles. The van der Waals surface area contributed by atoms with Crippen molar-refractivity contribution in [1.82, 2.24) is 10.2 Å². The van der Waals surface area contributed by atoms with Gasteiger partial charge in [-0.3, -0.25) is 10.1 Å². The number of amides is 1. The van der Waals surface area contributed by atoms with Gasteiger partial charge in [-0.05, 0) is 53.6 Å². The SMILES string of the molecule is COc1cccc(-c2cccc(-c3nnc(NC(=O)c4cccc(C(F)(F)F)c4)o3)c2)c1. The maximum atomic E-state index is 12.9. The first-order valence-electron chi connectivity index (χ1n) is 9.40. The number of benzene rings is 3. The Morgan fingerprint density at radius 1 is 0.906 bits per heavy atom. The minimum atomic E-state index is -4.55. The van der Waals surface area contributed by atoms with Gasteiger partial charge in [0.15, 0.2) is 0 Å². The van der Waals surface area contributed by atoms with Crippen LogP contribution in [0.3, 0.4) is 0 Å². The minimum Gasteiger partial charge on any atom is -0.497 e. The lowest BCUT2D eigenvalue weighted by atomic mass is 10.0. The highest BCUT2D eigenvalue weighted by Crippen LogP contribution is 2.30. The van der Waals surface area contributed by atoms with Crippen molar-refractivity contribution in [3.63, 3.8) is 0 Å². The molecule has 32 heavy (non-hydrogen) atoms. The maximum Gasteiger partial charge on any atom is 0.416 e. The zero-order valence-corrected chi connectivity index (χ0v) is 16.7. The average molecular weight is 439 g/mol. The van der Waals surface area contributed by atoms with Crippen LogP contribution in [-0.2, 0) is 6.18 Å². The Morgan fingerprint density at radius 3 is 2.34 bits per heavy atom. The number of hydrogen-bond acceptors (Lipinski definition) is 5. The van der Waals surface area contributed by atoms with Crippen LogP contribution < -0.4 is 10.1 Å². The number of anilines is 1. The second kappa shape index (κ2) is 8.54. The van der Waals surface area contributed by atoms with Crippen LogP contribution in [-0.4, -0.2) is 23.2 Å². The van der Waals surface area contributed by atoms with Gasteiger partial charge in [0.25, 0.3) is 5.91 Å². The van der Waals surface area contributed by atoms with E-state index < -0.39 is 17.6 Å². The molecular formula is C23H16F3N3O3. The van der Waals surface area contributed by atoms with Crippen molar-refractivity contribution in [3.05, 3.63) is 83.9 Å². The summed E-state index contributed by atoms with van der Waals surface area (Å²) in [5, 5.41) is 10.0. The monoisotopic (exact) mass is 439 g/mol. The largest absolute Gasteiger partial charge is 0.497 e. The van der Waals surface area contributed by atoms with Crippen LogP contribution in [0.5, 0.6) is 5.75 Å². The molecule has 9 heteroatoms. The third kappa shape index (κ3) is 4.61. The van der Waals surface area contributed by atoms with E-state index in [0.717, 1.165) is 29.3 Å². The molecule has 0 atom stereocenters. The molecule has 0 saturated heterocycles. The highest BCUT2D eigenvalue weighted by Gasteiger charge is 2.31. The molecule has 1 amide bonds. The molecule has 0 spiro atoms. The van der Waals surface area contributed by atoms with E-state index in [1.54, 1.807) is 13.2 Å². The van der Waals surface area contributed by atoms with Crippen LogP contribution in [0, 0.1) is 0 Å². The predicted octanol–water partition coefficient (Wildman–Crippen LogP) is 5.68. The van der Waals surface area contributed by atoms with E-state index in [-0.39, 0.29) is 17.5 Å². The van der Waals surface area contributed by atoms with Crippen molar-refractivity contribution in [2.75, 3.05) is 12.4 Å². The highest BCUT2D eigenvalue weighted by atomic mass is 19.4. The van der Waals surface area contributed by atoms with Crippen molar-refractivity contribution in [2.24, 2.45) is 0 Å². The molecule has 1 heterocycles. The Labute approximate surface area is 180 Å². The number of methoxy groups -OCH3 is 1. The number of ether oxygens (including phenoxy) is 1. The summed E-state index contributed by atoms with van der Waals surface area (Å²) < 4.78 is 49.3. The fraction of sp³-hybridized carbons (Fsp3) is 0.0870. The summed E-state index contributed by atoms with van der Waals surface area (Å²) in [6, 6.07) is 18.7. The number of rotatable bonds is 5. The first kappa shape index (κ1) is 21.1. The first-order chi connectivity index (χ1) is 15.3. The first-order valence-corrected chi connectivity index (χ1v) is 9.40. The van der Waals surface area contributed by atoms with E-state index in [4.69, 9.17) is 9.15 Å². The van der Waals surface area contributed by atoms with E-state index in [1.807, 2.05) is 42.5 Å². The number of aromatic nitrogens is 2. The van der Waals surface area contributed by atoms with Gasteiger partial charge in [0, 0.05) is 11.1 Å². The molecule has 0 fully saturated rings. The molecule has 4 aromatic rings. The average Bonchev–Trinajstić information content (AvgIpc) is 3.27. The van der Waals surface area contributed by atoms with Crippen LogP contribution in [0.15, 0.2) is 77.2 Å². The van der Waals surface area contributed by atoms with E-state index >= 15 is 0 Å². The molecule has 0 aliphatic heterocycles. The lowest BCUT2D eigenvalue weighted by Crippen LogP contribution is -2.14. The summed E-state index contributed by atoms with van der Waals surface area (Å²) in [6.07, 6.45) is -4.55. The van der Waals surface area contributed by atoms with Crippen LogP contribution >= 0.6 is 0 Å². The van der Waals surface area contributed by atoms with Gasteiger partial charge in [-0.25, -0.2) is 0 Å². The number of carbonyl (C=O) groups excluding carboxylic acids is 1. The Balaban J connectivity index is 1.54. The van der Waals surface area contributed by atoms with Crippen molar-refractivity contribution in [3.8, 4) is 28.3 Å². The topological polar surface area (TPSA) is 77.3 Å².